The van der Waals surface area contributed by atoms with Crippen LogP contribution in [-0.4, -0.2) is 28.9 Å². The van der Waals surface area contributed by atoms with E-state index in [1.165, 1.54) is 23.8 Å². The van der Waals surface area contributed by atoms with Gasteiger partial charge in [-0.3, -0.25) is 17.6 Å². The van der Waals surface area contributed by atoms with E-state index in [1.54, 1.807) is 0 Å². The summed E-state index contributed by atoms with van der Waals surface area (Å²) in [6.07, 6.45) is 8.18. The quantitative estimate of drug-likeness (QED) is 0.154. The van der Waals surface area contributed by atoms with Gasteiger partial charge in [0.05, 0.1) is 0 Å². The maximum atomic E-state index is 13.8. The van der Waals surface area contributed by atoms with Crippen LogP contribution >= 0.6 is 0 Å². The molecule has 0 aliphatic carbocycles. The second-order valence-corrected chi connectivity index (χ2v) is 11.4. The molecular formula is C35H30F4IrN5-5. The number of aromatic nitrogens is 1. The third kappa shape index (κ3) is 8.12. The molecule has 0 atom stereocenters. The predicted octanol–water partition coefficient (Wildman–Crippen LogP) is 8.04. The first-order valence-electron chi connectivity index (χ1n) is 13.7. The zero-order valence-electron chi connectivity index (χ0n) is 25.2. The Kier molecular flexibility index (Phi) is 10.4. The molecule has 1 radical (unpaired) electrons. The summed E-state index contributed by atoms with van der Waals surface area (Å²) in [4.78, 5) is 12.4. The van der Waals surface area contributed by atoms with Crippen molar-refractivity contribution < 1.29 is 37.7 Å². The third-order valence-corrected chi connectivity index (χ3v) is 6.78. The Morgan fingerprint density at radius 1 is 0.689 bits per heavy atom. The number of pyridine rings is 1. The summed E-state index contributed by atoms with van der Waals surface area (Å²) in [5.74, 6) is -3.16. The molecule has 0 unspecified atom stereocenters. The van der Waals surface area contributed by atoms with Gasteiger partial charge in [-0.25, -0.2) is 0 Å². The Morgan fingerprint density at radius 2 is 1.13 bits per heavy atom. The Hall–Kier alpha value is -4.14. The number of hydrogen-bond acceptors (Lipinski definition) is 5. The summed E-state index contributed by atoms with van der Waals surface area (Å²) in [5, 5.41) is 0. The van der Waals surface area contributed by atoms with Crippen molar-refractivity contribution in [2.75, 3.05) is 23.9 Å². The second-order valence-electron chi connectivity index (χ2n) is 11.4. The maximum absolute atomic E-state index is 13.8. The van der Waals surface area contributed by atoms with Crippen LogP contribution < -0.4 is 9.80 Å². The summed E-state index contributed by atoms with van der Waals surface area (Å²) in [6, 6.07) is 20.7. The third-order valence-electron chi connectivity index (χ3n) is 6.78. The molecule has 5 nitrogen and oxygen atoms in total. The van der Waals surface area contributed by atoms with Crippen molar-refractivity contribution in [3.05, 3.63) is 140 Å². The molecule has 0 bridgehead atoms. The first kappa shape index (κ1) is 33.7. The van der Waals surface area contributed by atoms with E-state index in [-0.39, 0.29) is 48.0 Å². The normalized spacial score (nSPS) is 14.1. The topological polar surface area (TPSA) is 25.9 Å². The molecule has 0 saturated heterocycles. The second kappa shape index (κ2) is 13.9. The summed E-state index contributed by atoms with van der Waals surface area (Å²) < 4.78 is 53.4. The van der Waals surface area contributed by atoms with Gasteiger partial charge in [-0.15, -0.1) is 59.4 Å². The van der Waals surface area contributed by atoms with Crippen LogP contribution in [-0.2, 0) is 25.5 Å². The first-order valence-corrected chi connectivity index (χ1v) is 13.7. The molecule has 2 aliphatic heterocycles. The number of hydrogen-bond donors (Lipinski definition) is 0. The minimum absolute atomic E-state index is 0. The van der Waals surface area contributed by atoms with Crippen LogP contribution in [0.5, 0.6) is 0 Å². The molecule has 0 spiro atoms. The maximum Gasteiger partial charge on any atom is 0.0408 e. The van der Waals surface area contributed by atoms with Crippen LogP contribution in [0.1, 0.15) is 26.3 Å². The van der Waals surface area contributed by atoms with Gasteiger partial charge in [-0.05, 0) is 55.7 Å². The van der Waals surface area contributed by atoms with Gasteiger partial charge in [-0.1, -0.05) is 62.2 Å². The van der Waals surface area contributed by atoms with E-state index in [2.05, 4.69) is 91.6 Å². The fraction of sp³-hybridized carbons (Fsp3) is 0.171. The first-order chi connectivity index (χ1) is 20.9. The Bertz CT molecular complexity index is 1610. The van der Waals surface area contributed by atoms with Crippen LogP contribution in [0.15, 0.2) is 79.4 Å². The molecule has 0 saturated carbocycles. The average Bonchev–Trinajstić information content (AvgIpc) is 3.61. The van der Waals surface area contributed by atoms with Gasteiger partial charge >= 0.3 is 0 Å². The molecule has 3 heterocycles. The van der Waals surface area contributed by atoms with Crippen LogP contribution in [0.2, 0.25) is 0 Å². The van der Waals surface area contributed by atoms with Gasteiger partial charge in [-0.2, -0.15) is 13.3 Å². The van der Waals surface area contributed by atoms with E-state index in [9.17, 15) is 17.6 Å². The molecule has 1 aromatic heterocycles. The van der Waals surface area contributed by atoms with Crippen LogP contribution in [0.3, 0.4) is 0 Å². The molecule has 0 N–H and O–H groups in total. The molecule has 45 heavy (non-hydrogen) atoms. The molecule has 0 fully saturated rings. The molecule has 0 amide bonds. The van der Waals surface area contributed by atoms with Crippen molar-refractivity contribution >= 4 is 11.4 Å². The zero-order chi connectivity index (χ0) is 31.6. The number of anilines is 2. The predicted molar refractivity (Wildman–Crippen MR) is 164 cm³/mol. The number of rotatable bonds is 4. The van der Waals surface area contributed by atoms with Gasteiger partial charge in [0.15, 0.2) is 0 Å². The van der Waals surface area contributed by atoms with Crippen LogP contribution in [0.4, 0.5) is 28.9 Å². The Morgan fingerprint density at radius 3 is 1.49 bits per heavy atom. The van der Waals surface area contributed by atoms with Gasteiger partial charge in [0.2, 0.25) is 0 Å². The van der Waals surface area contributed by atoms with E-state index in [4.69, 9.17) is 0 Å². The van der Waals surface area contributed by atoms with E-state index >= 15 is 0 Å². The van der Waals surface area contributed by atoms with Crippen molar-refractivity contribution in [2.45, 2.75) is 26.2 Å². The monoisotopic (exact) mass is 789 g/mol. The summed E-state index contributed by atoms with van der Waals surface area (Å²) >= 11 is 0. The summed E-state index contributed by atoms with van der Waals surface area (Å²) in [7, 11) is 4.05. The van der Waals surface area contributed by atoms with Gasteiger partial charge < -0.3 is 24.6 Å². The molecule has 2 aliphatic rings. The largest absolute Gasteiger partial charge is 0.510 e. The van der Waals surface area contributed by atoms with E-state index in [1.807, 2.05) is 36.3 Å². The van der Waals surface area contributed by atoms with E-state index in [0.717, 1.165) is 23.5 Å². The zero-order valence-corrected chi connectivity index (χ0v) is 27.6. The van der Waals surface area contributed by atoms with Crippen LogP contribution in [0.25, 0.3) is 22.5 Å². The van der Waals surface area contributed by atoms with Gasteiger partial charge in [0.25, 0.3) is 0 Å². The fourth-order valence-corrected chi connectivity index (χ4v) is 4.43. The van der Waals surface area contributed by atoms with Crippen molar-refractivity contribution in [3.8, 4) is 22.5 Å². The SMILES string of the molecule is CN1C=CN(c2[c-]c(N3C=CN(C)[CH-]3)cc(C(C)(C)C)c2)[CH-]1.Fc1c[c-]c(-c2cccc(-c3[c-]cc(F)cc3F)n2)c(F)c1.[Ir]. The fourth-order valence-electron chi connectivity index (χ4n) is 4.43. The minimum atomic E-state index is -0.826. The van der Waals surface area contributed by atoms with Crippen molar-refractivity contribution in [1.29, 1.82) is 0 Å². The van der Waals surface area contributed by atoms with Gasteiger partial charge in [0, 0.05) is 43.4 Å². The molecule has 3 aromatic carbocycles. The van der Waals surface area contributed by atoms with E-state index in [0.29, 0.717) is 12.1 Å². The molecule has 6 rings (SSSR count). The Labute approximate surface area is 275 Å². The number of benzene rings is 3. The number of halogens is 4. The molecule has 237 valence electrons. The molecular weight excluding hydrogens is 759 g/mol. The average molecular weight is 789 g/mol. The smallest absolute Gasteiger partial charge is 0.0408 e. The summed E-state index contributed by atoms with van der Waals surface area (Å²) in [6.45, 7) is 10.8. The van der Waals surface area contributed by atoms with Crippen molar-refractivity contribution in [2.24, 2.45) is 0 Å². The summed E-state index contributed by atoms with van der Waals surface area (Å²) in [5.41, 5.74) is 3.74. The Balaban J connectivity index is 0.000000200. The molecule has 10 heteroatoms. The molecule has 4 aromatic rings. The minimum Gasteiger partial charge on any atom is -0.510 e. The number of nitrogens with zero attached hydrogens (tertiary/aromatic N) is 5. The van der Waals surface area contributed by atoms with Gasteiger partial charge in [0.1, 0.15) is 0 Å². The standard InChI is InChI=1S/C18H23N4.C17H7F4N.Ir/c1-18(2,3)15-10-16(21-8-6-19(4)13-21)12-17(11-15)22-9-7-20(5)14-22;18-10-4-6-12(14(20)8-10)16-2-1-3-17(22-16)13-7-5-11(19)9-15(13)21;/h6-11,13-14H,1-5H3;1-5,8-9H;/q-3;-2;. The van der Waals surface area contributed by atoms with Crippen molar-refractivity contribution in [1.82, 2.24) is 14.8 Å². The van der Waals surface area contributed by atoms with E-state index < -0.39 is 23.3 Å². The van der Waals surface area contributed by atoms with Crippen LogP contribution in [0, 0.1) is 54.8 Å². The van der Waals surface area contributed by atoms with Crippen molar-refractivity contribution in [3.63, 3.8) is 0 Å².